The molecule has 4 atom stereocenters. The van der Waals surface area contributed by atoms with Gasteiger partial charge in [-0.1, -0.05) is 77.1 Å². The molecule has 0 saturated carbocycles. The van der Waals surface area contributed by atoms with Crippen LogP contribution in [0.3, 0.4) is 0 Å². The molecule has 0 radical (unpaired) electrons. The van der Waals surface area contributed by atoms with Crippen LogP contribution in [0, 0.1) is 6.92 Å². The van der Waals surface area contributed by atoms with E-state index in [2.05, 4.69) is 28.2 Å². The summed E-state index contributed by atoms with van der Waals surface area (Å²) in [5.41, 5.74) is 16.3. The Bertz CT molecular complexity index is 1920. The zero-order valence-electron chi connectivity index (χ0n) is 35.4. The van der Waals surface area contributed by atoms with Gasteiger partial charge >= 0.3 is 0 Å². The molecule has 3 aromatic rings. The Kier molecular flexibility index (Phi) is 18.4. The highest BCUT2D eigenvalue weighted by Gasteiger charge is 2.33. The molecular weight excluding hydrogens is 749 g/mol. The molecule has 4 bridgehead atoms. The van der Waals surface area contributed by atoms with Crippen LogP contribution in [0.4, 0.5) is 0 Å². The lowest BCUT2D eigenvalue weighted by Gasteiger charge is -2.27. The first kappa shape index (κ1) is 46.4. The van der Waals surface area contributed by atoms with Crippen molar-refractivity contribution in [3.63, 3.8) is 0 Å². The fourth-order valence-corrected chi connectivity index (χ4v) is 7.26. The molecule has 13 heteroatoms. The fourth-order valence-electron chi connectivity index (χ4n) is 7.26. The van der Waals surface area contributed by atoms with E-state index in [4.69, 9.17) is 20.9 Å². The molecule has 4 amide bonds. The Morgan fingerprint density at radius 2 is 1.49 bits per heavy atom. The van der Waals surface area contributed by atoms with Gasteiger partial charge in [0.1, 0.15) is 42.8 Å². The van der Waals surface area contributed by atoms with Gasteiger partial charge in [-0.3, -0.25) is 24.0 Å². The number of amides is 4. The molecule has 0 aliphatic carbocycles. The number of hydrogen-bond donors (Lipinski definition) is 6. The number of aryl methyl sites for hydroxylation is 2. The van der Waals surface area contributed by atoms with E-state index in [9.17, 15) is 24.0 Å². The number of hydrogen-bond acceptors (Lipinski definition) is 9. The van der Waals surface area contributed by atoms with Gasteiger partial charge in [0.15, 0.2) is 5.78 Å². The summed E-state index contributed by atoms with van der Waals surface area (Å²) in [6, 6.07) is 12.2. The van der Waals surface area contributed by atoms with Crippen LogP contribution in [-0.4, -0.2) is 73.8 Å². The number of benzene rings is 3. The van der Waals surface area contributed by atoms with Gasteiger partial charge in [0.05, 0.1) is 6.04 Å². The molecule has 320 valence electrons. The van der Waals surface area contributed by atoms with Gasteiger partial charge in [0, 0.05) is 29.8 Å². The Morgan fingerprint density at radius 3 is 2.12 bits per heavy atom. The lowest BCUT2D eigenvalue weighted by atomic mass is 9.93. The Hall–Kier alpha value is -5.27. The SMILES string of the molecule is CCCCCCCc1ccc(C(=O)N[C@@H](CCC)C(=O)N[C@@H]2C(=O)N[C@@H](CC)C(=O)N[C@H](C(C)=O)Cc3ccc(OCCN)c(c3)-c3cc2ccc3OCCN)c(C)c1. The van der Waals surface area contributed by atoms with Gasteiger partial charge in [-0.2, -0.15) is 0 Å². The number of carbonyl (C=O) groups is 5. The van der Waals surface area contributed by atoms with Crippen LogP contribution in [0.2, 0.25) is 0 Å². The van der Waals surface area contributed by atoms with Crippen LogP contribution in [0.1, 0.15) is 118 Å². The van der Waals surface area contributed by atoms with Gasteiger partial charge in [0.2, 0.25) is 17.7 Å². The maximum Gasteiger partial charge on any atom is 0.252 e. The number of unbranched alkanes of at least 4 members (excludes halogenated alkanes) is 4. The number of rotatable bonds is 20. The van der Waals surface area contributed by atoms with Crippen molar-refractivity contribution < 1.29 is 33.4 Å². The molecule has 1 aliphatic rings. The van der Waals surface area contributed by atoms with Crippen molar-refractivity contribution >= 4 is 29.4 Å². The number of carbonyl (C=O) groups excluding carboxylic acids is 5. The minimum atomic E-state index is -1.32. The predicted molar refractivity (Wildman–Crippen MR) is 230 cm³/mol. The molecule has 0 saturated heterocycles. The number of ketones is 1. The minimum Gasteiger partial charge on any atom is -0.492 e. The van der Waals surface area contributed by atoms with Crippen molar-refractivity contribution in [3.05, 3.63) is 82.4 Å². The summed E-state index contributed by atoms with van der Waals surface area (Å²) >= 11 is 0. The van der Waals surface area contributed by atoms with Gasteiger partial charge < -0.3 is 42.2 Å². The topological polar surface area (TPSA) is 204 Å². The van der Waals surface area contributed by atoms with E-state index in [0.29, 0.717) is 46.6 Å². The van der Waals surface area contributed by atoms with Gasteiger partial charge in [-0.25, -0.2) is 0 Å². The van der Waals surface area contributed by atoms with Gasteiger partial charge in [-0.05, 0) is 98.5 Å². The van der Waals surface area contributed by atoms with E-state index in [-0.39, 0.29) is 44.9 Å². The van der Waals surface area contributed by atoms with E-state index < -0.39 is 47.8 Å². The summed E-state index contributed by atoms with van der Waals surface area (Å²) in [5, 5.41) is 11.5. The lowest BCUT2D eigenvalue weighted by Crippen LogP contribution is -2.55. The highest BCUT2D eigenvalue weighted by molar-refractivity contribution is 6.00. The molecule has 8 N–H and O–H groups in total. The molecule has 0 unspecified atom stereocenters. The van der Waals surface area contributed by atoms with E-state index in [1.807, 2.05) is 38.1 Å². The Labute approximate surface area is 349 Å². The monoisotopic (exact) mass is 812 g/mol. The number of nitrogens with two attached hydrogens (primary N) is 2. The van der Waals surface area contributed by atoms with E-state index >= 15 is 0 Å². The van der Waals surface area contributed by atoms with Crippen molar-refractivity contribution in [2.45, 2.75) is 123 Å². The lowest BCUT2D eigenvalue weighted by molar-refractivity contribution is -0.133. The molecule has 4 rings (SSSR count). The van der Waals surface area contributed by atoms with Crippen LogP contribution >= 0.6 is 0 Å². The summed E-state index contributed by atoms with van der Waals surface area (Å²) in [4.78, 5) is 68.9. The third kappa shape index (κ3) is 13.1. The first-order valence-electron chi connectivity index (χ1n) is 21.2. The molecule has 0 spiro atoms. The first-order chi connectivity index (χ1) is 28.4. The third-order valence-corrected chi connectivity index (χ3v) is 10.6. The van der Waals surface area contributed by atoms with Crippen LogP contribution in [0.15, 0.2) is 54.6 Å². The van der Waals surface area contributed by atoms with Crippen molar-refractivity contribution in [2.75, 3.05) is 26.3 Å². The van der Waals surface area contributed by atoms with Crippen LogP contribution in [0.25, 0.3) is 11.1 Å². The standard InChI is InChI=1S/C46H64N6O7/c1-6-9-10-11-12-14-31-15-18-34(29(4)25-31)43(54)50-38(13-7-2)45(56)52-42-33-17-20-41(59-24-22-48)36(28-33)35-26-32(16-19-40(35)58-23-21-47)27-39(30(5)53)51-44(55)37(8-3)49-46(42)57/h15-20,25-26,28,37-39,42H,6-14,21-24,27,47-48H2,1-5H3,(H,49,57)(H,50,54)(H,51,55)(H,52,56)/t37-,38-,39-,42-/m0/s1. The summed E-state index contributed by atoms with van der Waals surface area (Å²) < 4.78 is 12.2. The van der Waals surface area contributed by atoms with Crippen molar-refractivity contribution in [1.82, 2.24) is 21.3 Å². The molecule has 0 fully saturated rings. The van der Waals surface area contributed by atoms with Crippen molar-refractivity contribution in [2.24, 2.45) is 11.5 Å². The molecular formula is C46H64N6O7. The second-order valence-electron chi connectivity index (χ2n) is 15.3. The molecule has 1 heterocycles. The van der Waals surface area contributed by atoms with Crippen LogP contribution in [-0.2, 0) is 32.0 Å². The third-order valence-electron chi connectivity index (χ3n) is 10.6. The number of fused-ring (bicyclic) bond motifs is 5. The zero-order valence-corrected chi connectivity index (χ0v) is 35.4. The first-order valence-corrected chi connectivity index (χ1v) is 21.2. The van der Waals surface area contributed by atoms with E-state index in [0.717, 1.165) is 29.5 Å². The van der Waals surface area contributed by atoms with Crippen molar-refractivity contribution in [3.8, 4) is 22.6 Å². The maximum atomic E-state index is 14.4. The molecule has 59 heavy (non-hydrogen) atoms. The summed E-state index contributed by atoms with van der Waals surface area (Å²) in [7, 11) is 0. The second-order valence-corrected chi connectivity index (χ2v) is 15.3. The average molecular weight is 813 g/mol. The molecule has 3 aromatic carbocycles. The van der Waals surface area contributed by atoms with Crippen molar-refractivity contribution in [1.29, 1.82) is 0 Å². The molecule has 13 nitrogen and oxygen atoms in total. The van der Waals surface area contributed by atoms with Crippen LogP contribution < -0.4 is 42.2 Å². The quantitative estimate of drug-likeness (QED) is 0.0837. The van der Waals surface area contributed by atoms with Crippen LogP contribution in [0.5, 0.6) is 11.5 Å². The largest absolute Gasteiger partial charge is 0.492 e. The normalized spacial score (nSPS) is 17.2. The number of nitrogens with one attached hydrogen (secondary N) is 4. The zero-order chi connectivity index (χ0) is 42.9. The average Bonchev–Trinajstić information content (AvgIpc) is 3.22. The fraction of sp³-hybridized carbons (Fsp3) is 0.500. The number of ether oxygens (including phenoxy) is 2. The Morgan fingerprint density at radius 1 is 0.814 bits per heavy atom. The highest BCUT2D eigenvalue weighted by atomic mass is 16.5. The maximum absolute atomic E-state index is 14.4. The molecule has 0 aromatic heterocycles. The summed E-state index contributed by atoms with van der Waals surface area (Å²) in [5.74, 6) is -1.50. The van der Waals surface area contributed by atoms with E-state index in [1.165, 1.54) is 32.6 Å². The minimum absolute atomic E-state index is 0.181. The number of Topliss-reactive ketones (excluding diaryl/α,β-unsaturated/α-hetero) is 1. The van der Waals surface area contributed by atoms with Gasteiger partial charge in [-0.15, -0.1) is 0 Å². The molecule has 1 aliphatic heterocycles. The highest BCUT2D eigenvalue weighted by Crippen LogP contribution is 2.39. The second kappa shape index (κ2) is 23.4. The Balaban J connectivity index is 1.75. The van der Waals surface area contributed by atoms with E-state index in [1.54, 1.807) is 37.3 Å². The predicted octanol–water partition coefficient (Wildman–Crippen LogP) is 5.13. The summed E-state index contributed by atoms with van der Waals surface area (Å²) in [6.45, 7) is 10.0. The summed E-state index contributed by atoms with van der Waals surface area (Å²) in [6.07, 6.45) is 8.08. The van der Waals surface area contributed by atoms with Gasteiger partial charge in [0.25, 0.3) is 5.91 Å². The smallest absolute Gasteiger partial charge is 0.252 e.